The highest BCUT2D eigenvalue weighted by molar-refractivity contribution is 5.98. The Bertz CT molecular complexity index is 871. The predicted molar refractivity (Wildman–Crippen MR) is 97.0 cm³/mol. The Balaban J connectivity index is 2.03. The van der Waals surface area contributed by atoms with Gasteiger partial charge in [0.1, 0.15) is 11.4 Å². The van der Waals surface area contributed by atoms with Gasteiger partial charge in [0.15, 0.2) is 0 Å². The number of benzene rings is 1. The van der Waals surface area contributed by atoms with Crippen molar-refractivity contribution in [3.8, 4) is 0 Å². The van der Waals surface area contributed by atoms with Crippen LogP contribution in [0.25, 0.3) is 0 Å². The van der Waals surface area contributed by atoms with E-state index in [1.165, 1.54) is 10.9 Å². The van der Waals surface area contributed by atoms with Crippen LogP contribution < -0.4 is 5.73 Å². The Morgan fingerprint density at radius 3 is 2.48 bits per heavy atom. The van der Waals surface area contributed by atoms with Gasteiger partial charge in [-0.3, -0.25) is 14.5 Å². The van der Waals surface area contributed by atoms with Crippen LogP contribution in [0.5, 0.6) is 0 Å². The number of carbonyl (C=O) groups is 1. The number of aromatic nitrogens is 3. The fourth-order valence-electron chi connectivity index (χ4n) is 2.80. The molecule has 6 nitrogen and oxygen atoms in total. The molecule has 2 N–H and O–H groups in total. The molecule has 0 fully saturated rings. The minimum atomic E-state index is -0.311. The van der Waals surface area contributed by atoms with Crippen LogP contribution in [0.1, 0.15) is 33.2 Å². The fraction of sp³-hybridized carbons (Fsp3) is 0.211. The molecule has 0 radical (unpaired) electrons. The van der Waals surface area contributed by atoms with Crippen molar-refractivity contribution in [1.82, 2.24) is 19.7 Å². The second-order valence-electron chi connectivity index (χ2n) is 6.05. The van der Waals surface area contributed by atoms with Crippen molar-refractivity contribution >= 4 is 11.7 Å². The second-order valence-corrected chi connectivity index (χ2v) is 6.05. The van der Waals surface area contributed by atoms with E-state index in [-0.39, 0.29) is 11.9 Å². The number of aryl methyl sites for hydroxylation is 2. The summed E-state index contributed by atoms with van der Waals surface area (Å²) in [5.41, 5.74) is 9.31. The van der Waals surface area contributed by atoms with Crippen molar-refractivity contribution in [2.45, 2.75) is 13.0 Å². The van der Waals surface area contributed by atoms with Crippen molar-refractivity contribution in [2.75, 3.05) is 12.8 Å². The summed E-state index contributed by atoms with van der Waals surface area (Å²) in [4.78, 5) is 19.1. The van der Waals surface area contributed by atoms with Gasteiger partial charge in [0.2, 0.25) is 0 Å². The normalized spacial score (nSPS) is 12.0. The molecule has 6 heteroatoms. The molecular formula is C19H21N5O. The van der Waals surface area contributed by atoms with E-state index in [9.17, 15) is 4.79 Å². The van der Waals surface area contributed by atoms with Crippen LogP contribution in [0, 0.1) is 6.92 Å². The molecule has 0 aliphatic rings. The number of anilines is 1. The van der Waals surface area contributed by atoms with E-state index in [1.54, 1.807) is 25.2 Å². The lowest BCUT2D eigenvalue weighted by Crippen LogP contribution is -2.32. The summed E-state index contributed by atoms with van der Waals surface area (Å²) < 4.78 is 1.49. The summed E-state index contributed by atoms with van der Waals surface area (Å²) in [7, 11) is 3.47. The number of rotatable bonds is 4. The minimum absolute atomic E-state index is 0.193. The number of hydrogen-bond acceptors (Lipinski definition) is 4. The molecule has 3 aromatic rings. The van der Waals surface area contributed by atoms with E-state index < -0.39 is 0 Å². The first-order valence-corrected chi connectivity index (χ1v) is 8.01. The van der Waals surface area contributed by atoms with E-state index in [2.05, 4.69) is 10.1 Å². The van der Waals surface area contributed by atoms with E-state index in [1.807, 2.05) is 49.4 Å². The Morgan fingerprint density at radius 2 is 1.92 bits per heavy atom. The van der Waals surface area contributed by atoms with Gasteiger partial charge in [-0.05, 0) is 24.6 Å². The van der Waals surface area contributed by atoms with Crippen molar-refractivity contribution in [2.24, 2.45) is 7.05 Å². The molecule has 1 amide bonds. The number of nitrogens with zero attached hydrogens (tertiary/aromatic N) is 4. The number of hydrogen-bond donors (Lipinski definition) is 1. The summed E-state index contributed by atoms with van der Waals surface area (Å²) in [6.07, 6.45) is 3.23. The molecule has 0 saturated heterocycles. The molecule has 1 aromatic carbocycles. The molecule has 0 saturated carbocycles. The van der Waals surface area contributed by atoms with Crippen LogP contribution >= 0.6 is 0 Å². The van der Waals surface area contributed by atoms with Gasteiger partial charge in [-0.25, -0.2) is 0 Å². The largest absolute Gasteiger partial charge is 0.383 e. The van der Waals surface area contributed by atoms with Crippen molar-refractivity contribution < 1.29 is 4.79 Å². The van der Waals surface area contributed by atoms with E-state index in [0.717, 1.165) is 16.8 Å². The maximum atomic E-state index is 13.0. The highest BCUT2D eigenvalue weighted by Gasteiger charge is 2.27. The lowest BCUT2D eigenvalue weighted by Gasteiger charge is -2.28. The van der Waals surface area contributed by atoms with Crippen molar-refractivity contribution in [3.05, 3.63) is 77.2 Å². The third-order valence-corrected chi connectivity index (χ3v) is 4.28. The number of pyridine rings is 1. The van der Waals surface area contributed by atoms with Crippen LogP contribution in [0.3, 0.4) is 0 Å². The Hall–Kier alpha value is -3.15. The average Bonchev–Trinajstić information content (AvgIpc) is 2.96. The summed E-state index contributed by atoms with van der Waals surface area (Å²) in [6, 6.07) is 13.5. The average molecular weight is 335 g/mol. The third kappa shape index (κ3) is 3.24. The van der Waals surface area contributed by atoms with E-state index >= 15 is 0 Å². The molecule has 25 heavy (non-hydrogen) atoms. The first-order valence-electron chi connectivity index (χ1n) is 8.01. The Kier molecular flexibility index (Phi) is 4.52. The number of nitrogen functional groups attached to an aromatic ring is 1. The summed E-state index contributed by atoms with van der Waals surface area (Å²) in [6.45, 7) is 2.03. The zero-order valence-electron chi connectivity index (χ0n) is 14.5. The number of nitrogens with two attached hydrogens (primary N) is 1. The maximum absolute atomic E-state index is 13.0. The van der Waals surface area contributed by atoms with Crippen molar-refractivity contribution in [3.63, 3.8) is 0 Å². The lowest BCUT2D eigenvalue weighted by atomic mass is 10.00. The first-order chi connectivity index (χ1) is 12.0. The van der Waals surface area contributed by atoms with Gasteiger partial charge in [-0.1, -0.05) is 35.9 Å². The van der Waals surface area contributed by atoms with Crippen LogP contribution in [-0.4, -0.2) is 32.6 Å². The predicted octanol–water partition coefficient (Wildman–Crippen LogP) is 2.57. The number of carbonyl (C=O) groups excluding carboxylic acids is 1. The van der Waals surface area contributed by atoms with Crippen molar-refractivity contribution in [1.29, 1.82) is 0 Å². The molecule has 0 bridgehead atoms. The molecule has 2 heterocycles. The third-order valence-electron chi connectivity index (χ3n) is 4.28. The highest BCUT2D eigenvalue weighted by Crippen LogP contribution is 2.28. The van der Waals surface area contributed by atoms with Gasteiger partial charge in [0.05, 0.1) is 17.9 Å². The van der Waals surface area contributed by atoms with Gasteiger partial charge >= 0.3 is 0 Å². The Labute approximate surface area is 146 Å². The smallest absolute Gasteiger partial charge is 0.259 e. The first kappa shape index (κ1) is 16.7. The summed E-state index contributed by atoms with van der Waals surface area (Å²) in [5, 5.41) is 4.06. The van der Waals surface area contributed by atoms with Crippen LogP contribution in [-0.2, 0) is 7.05 Å². The Morgan fingerprint density at radius 1 is 1.20 bits per heavy atom. The van der Waals surface area contributed by atoms with Crippen LogP contribution in [0.15, 0.2) is 54.9 Å². The van der Waals surface area contributed by atoms with E-state index in [4.69, 9.17) is 5.73 Å². The zero-order chi connectivity index (χ0) is 18.0. The van der Waals surface area contributed by atoms with Crippen LogP contribution in [0.4, 0.5) is 5.82 Å². The monoisotopic (exact) mass is 335 g/mol. The SMILES string of the molecule is Cc1ccc(C(c2ccccn2)N(C)C(=O)c2cnn(C)c2N)cc1. The quantitative estimate of drug-likeness (QED) is 0.795. The van der Waals surface area contributed by atoms with Gasteiger partial charge in [0, 0.05) is 20.3 Å². The standard InChI is InChI=1S/C19H21N5O/c1-13-7-9-14(10-8-13)17(16-6-4-5-11-21-16)23(2)19(25)15-12-22-24(3)18(15)20/h4-12,17H,20H2,1-3H3. The molecule has 2 aromatic heterocycles. The highest BCUT2D eigenvalue weighted by atomic mass is 16.2. The minimum Gasteiger partial charge on any atom is -0.383 e. The lowest BCUT2D eigenvalue weighted by molar-refractivity contribution is 0.0753. The second kappa shape index (κ2) is 6.76. The molecular weight excluding hydrogens is 314 g/mol. The van der Waals surface area contributed by atoms with E-state index in [0.29, 0.717) is 11.4 Å². The number of amides is 1. The zero-order valence-corrected chi connectivity index (χ0v) is 14.5. The van der Waals surface area contributed by atoms with Gasteiger partial charge in [0.25, 0.3) is 5.91 Å². The molecule has 1 atom stereocenters. The summed E-state index contributed by atoms with van der Waals surface area (Å²) in [5.74, 6) is 0.155. The molecule has 0 aliphatic carbocycles. The molecule has 0 aliphatic heterocycles. The molecule has 1 unspecified atom stereocenters. The topological polar surface area (TPSA) is 77.0 Å². The van der Waals surface area contributed by atoms with Crippen LogP contribution in [0.2, 0.25) is 0 Å². The van der Waals surface area contributed by atoms with Gasteiger partial charge in [-0.15, -0.1) is 0 Å². The fourth-order valence-corrected chi connectivity index (χ4v) is 2.80. The van der Waals surface area contributed by atoms with Gasteiger partial charge in [-0.2, -0.15) is 5.10 Å². The summed E-state index contributed by atoms with van der Waals surface area (Å²) >= 11 is 0. The maximum Gasteiger partial charge on any atom is 0.259 e. The molecule has 128 valence electrons. The van der Waals surface area contributed by atoms with Gasteiger partial charge < -0.3 is 10.6 Å². The molecule has 0 spiro atoms. The molecule has 3 rings (SSSR count).